The van der Waals surface area contributed by atoms with Gasteiger partial charge in [-0.25, -0.2) is 0 Å². The maximum atomic E-state index is 5.01. The zero-order chi connectivity index (χ0) is 10.2. The van der Waals surface area contributed by atoms with Crippen LogP contribution in [0.25, 0.3) is 0 Å². The zero-order valence-corrected chi connectivity index (χ0v) is 9.17. The second-order valence-electron chi connectivity index (χ2n) is 2.51. The summed E-state index contributed by atoms with van der Waals surface area (Å²) in [6, 6.07) is 7.79. The Morgan fingerprint density at radius 3 is 2.57 bits per heavy atom. The molecule has 1 aromatic carbocycles. The molecule has 0 saturated heterocycles. The molecule has 1 nitrogen and oxygen atoms in total. The number of halogens is 1. The Labute approximate surface area is 92.6 Å². The van der Waals surface area contributed by atoms with Crippen LogP contribution in [-0.2, 0) is 4.74 Å². The van der Waals surface area contributed by atoms with Crippen molar-refractivity contribution >= 4 is 15.9 Å². The van der Waals surface area contributed by atoms with Crippen molar-refractivity contribution in [1.29, 1.82) is 0 Å². The summed E-state index contributed by atoms with van der Waals surface area (Å²) in [6.45, 7) is 0.690. The molecule has 14 heavy (non-hydrogen) atoms. The maximum absolute atomic E-state index is 5.01. The lowest BCUT2D eigenvalue weighted by atomic mass is 10.2. The minimum atomic E-state index is 0.315. The fraction of sp³-hybridized carbons (Fsp3) is 0.167. The van der Waals surface area contributed by atoms with E-state index in [1.807, 2.05) is 24.3 Å². The molecule has 0 aliphatic rings. The van der Waals surface area contributed by atoms with E-state index in [0.29, 0.717) is 13.2 Å². The number of rotatable bonds is 2. The van der Waals surface area contributed by atoms with Crippen LogP contribution < -0.4 is 0 Å². The van der Waals surface area contributed by atoms with Gasteiger partial charge < -0.3 is 4.74 Å². The predicted molar refractivity (Wildman–Crippen MR) is 60.7 cm³/mol. The Kier molecular flexibility index (Phi) is 4.86. The third kappa shape index (κ3) is 4.14. The van der Waals surface area contributed by atoms with Crippen LogP contribution >= 0.6 is 15.9 Å². The standard InChI is InChI=1S/C12H9BrO/c1-2-9-14-10-3-4-11-5-7-12(13)8-6-11/h1,5-8H,9-10H2. The number of hydrogen-bond donors (Lipinski definition) is 0. The molecule has 0 fully saturated rings. The van der Waals surface area contributed by atoms with Crippen LogP contribution in [0.2, 0.25) is 0 Å². The van der Waals surface area contributed by atoms with E-state index in [1.54, 1.807) is 0 Å². The lowest BCUT2D eigenvalue weighted by Crippen LogP contribution is -1.90. The summed E-state index contributed by atoms with van der Waals surface area (Å²) in [5.74, 6) is 8.22. The van der Waals surface area contributed by atoms with E-state index in [4.69, 9.17) is 11.2 Å². The van der Waals surface area contributed by atoms with Crippen molar-refractivity contribution in [3.63, 3.8) is 0 Å². The largest absolute Gasteiger partial charge is 0.356 e. The van der Waals surface area contributed by atoms with Gasteiger partial charge in [0.2, 0.25) is 0 Å². The summed E-state index contributed by atoms with van der Waals surface area (Å²) >= 11 is 3.35. The molecule has 0 unspecified atom stereocenters. The number of benzene rings is 1. The SMILES string of the molecule is C#CCOCC#Cc1ccc(Br)cc1. The van der Waals surface area contributed by atoms with E-state index in [2.05, 4.69) is 33.7 Å². The molecule has 0 N–H and O–H groups in total. The quantitative estimate of drug-likeness (QED) is 0.577. The van der Waals surface area contributed by atoms with Crippen LogP contribution in [0.3, 0.4) is 0 Å². The molecule has 0 saturated carbocycles. The molecular weight excluding hydrogens is 240 g/mol. The van der Waals surface area contributed by atoms with Gasteiger partial charge in [-0.2, -0.15) is 0 Å². The summed E-state index contributed by atoms with van der Waals surface area (Å²) in [5, 5.41) is 0. The van der Waals surface area contributed by atoms with Crippen LogP contribution in [0.15, 0.2) is 28.7 Å². The van der Waals surface area contributed by atoms with Gasteiger partial charge in [0.05, 0.1) is 0 Å². The van der Waals surface area contributed by atoms with Gasteiger partial charge in [-0.3, -0.25) is 0 Å². The van der Waals surface area contributed by atoms with E-state index in [0.717, 1.165) is 10.0 Å². The third-order valence-electron chi connectivity index (χ3n) is 1.44. The second kappa shape index (κ2) is 6.27. The summed E-state index contributed by atoms with van der Waals surface area (Å²) in [7, 11) is 0. The molecular formula is C12H9BrO. The summed E-state index contributed by atoms with van der Waals surface area (Å²) < 4.78 is 6.06. The van der Waals surface area contributed by atoms with Crippen molar-refractivity contribution in [1.82, 2.24) is 0 Å². The van der Waals surface area contributed by atoms with Gasteiger partial charge in [-0.15, -0.1) is 6.42 Å². The Hall–Kier alpha value is -1.22. The number of terminal acetylenes is 1. The average Bonchev–Trinajstić information content (AvgIpc) is 2.21. The lowest BCUT2D eigenvalue weighted by molar-refractivity contribution is 0.205. The Morgan fingerprint density at radius 2 is 1.93 bits per heavy atom. The van der Waals surface area contributed by atoms with Crippen LogP contribution in [-0.4, -0.2) is 13.2 Å². The van der Waals surface area contributed by atoms with Crippen molar-refractivity contribution in [2.24, 2.45) is 0 Å². The van der Waals surface area contributed by atoms with E-state index >= 15 is 0 Å². The highest BCUT2D eigenvalue weighted by atomic mass is 79.9. The normalized spacial score (nSPS) is 8.57. The van der Waals surface area contributed by atoms with Gasteiger partial charge >= 0.3 is 0 Å². The highest BCUT2D eigenvalue weighted by Gasteiger charge is 1.86. The molecule has 0 radical (unpaired) electrons. The molecule has 1 rings (SSSR count). The molecule has 0 bridgehead atoms. The maximum Gasteiger partial charge on any atom is 0.109 e. The Bertz CT molecular complexity index is 376. The molecule has 0 aliphatic carbocycles. The molecule has 0 spiro atoms. The Balaban J connectivity index is 2.44. The van der Waals surface area contributed by atoms with Crippen molar-refractivity contribution in [2.75, 3.05) is 13.2 Å². The lowest BCUT2D eigenvalue weighted by Gasteiger charge is -1.91. The summed E-state index contributed by atoms with van der Waals surface area (Å²) in [4.78, 5) is 0. The van der Waals surface area contributed by atoms with E-state index in [9.17, 15) is 0 Å². The summed E-state index contributed by atoms with van der Waals surface area (Å²) in [5.41, 5.74) is 0.970. The fourth-order valence-corrected chi connectivity index (χ4v) is 1.10. The second-order valence-corrected chi connectivity index (χ2v) is 3.42. The van der Waals surface area contributed by atoms with Crippen molar-refractivity contribution < 1.29 is 4.74 Å². The van der Waals surface area contributed by atoms with Crippen LogP contribution in [0.5, 0.6) is 0 Å². The van der Waals surface area contributed by atoms with E-state index < -0.39 is 0 Å². The minimum Gasteiger partial charge on any atom is -0.356 e. The molecule has 0 heterocycles. The first-order valence-electron chi connectivity index (χ1n) is 4.08. The minimum absolute atomic E-state index is 0.315. The van der Waals surface area contributed by atoms with Gasteiger partial charge in [0, 0.05) is 10.0 Å². The zero-order valence-electron chi connectivity index (χ0n) is 7.59. The molecule has 70 valence electrons. The van der Waals surface area contributed by atoms with Gasteiger partial charge in [0.15, 0.2) is 0 Å². The molecule has 0 amide bonds. The van der Waals surface area contributed by atoms with Gasteiger partial charge in [-0.05, 0) is 24.3 Å². The average molecular weight is 249 g/mol. The van der Waals surface area contributed by atoms with Gasteiger partial charge in [-0.1, -0.05) is 33.7 Å². The first-order chi connectivity index (χ1) is 6.83. The molecule has 2 heteroatoms. The van der Waals surface area contributed by atoms with Crippen LogP contribution in [0.4, 0.5) is 0 Å². The highest BCUT2D eigenvalue weighted by molar-refractivity contribution is 9.10. The van der Waals surface area contributed by atoms with Crippen LogP contribution in [0.1, 0.15) is 5.56 Å². The number of ether oxygens (including phenoxy) is 1. The third-order valence-corrected chi connectivity index (χ3v) is 1.97. The monoisotopic (exact) mass is 248 g/mol. The number of hydrogen-bond acceptors (Lipinski definition) is 1. The van der Waals surface area contributed by atoms with Crippen molar-refractivity contribution in [2.45, 2.75) is 0 Å². The topological polar surface area (TPSA) is 9.23 Å². The Morgan fingerprint density at radius 1 is 1.21 bits per heavy atom. The predicted octanol–water partition coefficient (Wildman–Crippen LogP) is 2.45. The fourth-order valence-electron chi connectivity index (χ4n) is 0.832. The van der Waals surface area contributed by atoms with Crippen molar-refractivity contribution in [3.8, 4) is 24.2 Å². The van der Waals surface area contributed by atoms with Crippen molar-refractivity contribution in [3.05, 3.63) is 34.3 Å². The van der Waals surface area contributed by atoms with E-state index in [-0.39, 0.29) is 0 Å². The molecule has 0 aliphatic heterocycles. The van der Waals surface area contributed by atoms with Gasteiger partial charge in [0.1, 0.15) is 13.2 Å². The van der Waals surface area contributed by atoms with Crippen LogP contribution in [0, 0.1) is 24.2 Å². The molecule has 1 aromatic rings. The molecule has 0 atom stereocenters. The highest BCUT2D eigenvalue weighted by Crippen LogP contribution is 2.09. The first kappa shape index (κ1) is 10.9. The summed E-state index contributed by atoms with van der Waals surface area (Å²) in [6.07, 6.45) is 5.01. The first-order valence-corrected chi connectivity index (χ1v) is 4.88. The van der Waals surface area contributed by atoms with Gasteiger partial charge in [0.25, 0.3) is 0 Å². The molecule has 0 aromatic heterocycles. The van der Waals surface area contributed by atoms with E-state index in [1.165, 1.54) is 0 Å². The smallest absolute Gasteiger partial charge is 0.109 e.